The Kier molecular flexibility index (Phi) is 3.85. The molecule has 0 saturated carbocycles. The molecular formula is C16H17NO2. The average molecular weight is 255 g/mol. The van der Waals surface area contributed by atoms with Gasteiger partial charge in [0.05, 0.1) is 0 Å². The minimum Gasteiger partial charge on any atom is -0.479 e. The van der Waals surface area contributed by atoms with Crippen LogP contribution >= 0.6 is 0 Å². The molecule has 1 unspecified atom stereocenters. The first-order valence-electron chi connectivity index (χ1n) is 6.19. The van der Waals surface area contributed by atoms with E-state index in [1.54, 1.807) is 0 Å². The van der Waals surface area contributed by atoms with Gasteiger partial charge in [0, 0.05) is 5.69 Å². The summed E-state index contributed by atoms with van der Waals surface area (Å²) in [6, 6.07) is 14.4. The summed E-state index contributed by atoms with van der Waals surface area (Å²) >= 11 is 0. The number of carboxylic acids is 1. The second kappa shape index (κ2) is 5.57. The Morgan fingerprint density at radius 3 is 2.32 bits per heavy atom. The Balaban J connectivity index is 2.30. The Morgan fingerprint density at radius 1 is 1.05 bits per heavy atom. The van der Waals surface area contributed by atoms with Crippen molar-refractivity contribution < 1.29 is 9.90 Å². The third kappa shape index (κ3) is 3.13. The number of aryl methyl sites for hydroxylation is 2. The molecule has 0 radical (unpaired) electrons. The predicted octanol–water partition coefficient (Wildman–Crippen LogP) is 3.54. The van der Waals surface area contributed by atoms with Crippen molar-refractivity contribution in [1.29, 1.82) is 0 Å². The molecule has 2 N–H and O–H groups in total. The fourth-order valence-corrected chi connectivity index (χ4v) is 1.93. The zero-order chi connectivity index (χ0) is 13.8. The lowest BCUT2D eigenvalue weighted by molar-refractivity contribution is -0.138. The molecule has 0 heterocycles. The lowest BCUT2D eigenvalue weighted by Crippen LogP contribution is -2.20. The third-order valence-corrected chi connectivity index (χ3v) is 3.20. The molecular weight excluding hydrogens is 238 g/mol. The van der Waals surface area contributed by atoms with Crippen LogP contribution in [-0.4, -0.2) is 11.1 Å². The summed E-state index contributed by atoms with van der Waals surface area (Å²) in [6.45, 7) is 4.00. The van der Waals surface area contributed by atoms with Crippen molar-refractivity contribution in [2.75, 3.05) is 5.32 Å². The zero-order valence-electron chi connectivity index (χ0n) is 11.1. The van der Waals surface area contributed by atoms with Crippen molar-refractivity contribution >= 4 is 11.7 Å². The van der Waals surface area contributed by atoms with Gasteiger partial charge in [0.15, 0.2) is 6.04 Å². The van der Waals surface area contributed by atoms with Gasteiger partial charge in [0.1, 0.15) is 0 Å². The molecule has 0 aliphatic rings. The van der Waals surface area contributed by atoms with Gasteiger partial charge in [-0.1, -0.05) is 36.4 Å². The van der Waals surface area contributed by atoms with Gasteiger partial charge in [0.25, 0.3) is 0 Å². The molecule has 0 aliphatic carbocycles. The highest BCUT2D eigenvalue weighted by Crippen LogP contribution is 2.22. The third-order valence-electron chi connectivity index (χ3n) is 3.20. The minimum absolute atomic E-state index is 0.735. The Labute approximate surface area is 112 Å². The molecule has 0 aromatic heterocycles. The number of anilines is 1. The number of nitrogens with one attached hydrogen (secondary N) is 1. The quantitative estimate of drug-likeness (QED) is 0.878. The van der Waals surface area contributed by atoms with Gasteiger partial charge in [-0.2, -0.15) is 0 Å². The Hall–Kier alpha value is -2.29. The number of para-hydroxylation sites is 1. The fourth-order valence-electron chi connectivity index (χ4n) is 1.93. The minimum atomic E-state index is -0.882. The zero-order valence-corrected chi connectivity index (χ0v) is 11.1. The number of carboxylic acid groups (broad SMARTS) is 1. The molecule has 0 saturated heterocycles. The predicted molar refractivity (Wildman–Crippen MR) is 76.4 cm³/mol. The maximum Gasteiger partial charge on any atom is 0.330 e. The summed E-state index contributed by atoms with van der Waals surface area (Å²) in [6.07, 6.45) is 0. The van der Waals surface area contributed by atoms with Crippen LogP contribution < -0.4 is 5.32 Å². The summed E-state index contributed by atoms with van der Waals surface area (Å²) in [4.78, 5) is 11.4. The Morgan fingerprint density at radius 2 is 1.74 bits per heavy atom. The van der Waals surface area contributed by atoms with Crippen LogP contribution in [0, 0.1) is 13.8 Å². The van der Waals surface area contributed by atoms with Crippen molar-refractivity contribution in [2.45, 2.75) is 19.9 Å². The molecule has 2 aromatic carbocycles. The first kappa shape index (κ1) is 13.1. The topological polar surface area (TPSA) is 49.3 Å². The molecule has 19 heavy (non-hydrogen) atoms. The summed E-state index contributed by atoms with van der Waals surface area (Å²) in [7, 11) is 0. The van der Waals surface area contributed by atoms with E-state index in [9.17, 15) is 9.90 Å². The maximum absolute atomic E-state index is 11.4. The highest BCUT2D eigenvalue weighted by Gasteiger charge is 2.19. The lowest BCUT2D eigenvalue weighted by atomic mass is 10.0. The van der Waals surface area contributed by atoms with E-state index < -0.39 is 12.0 Å². The largest absolute Gasteiger partial charge is 0.479 e. The van der Waals surface area contributed by atoms with E-state index in [0.29, 0.717) is 0 Å². The van der Waals surface area contributed by atoms with Gasteiger partial charge in [-0.15, -0.1) is 0 Å². The van der Waals surface area contributed by atoms with Gasteiger partial charge in [-0.25, -0.2) is 4.79 Å². The van der Waals surface area contributed by atoms with Crippen LogP contribution in [0.1, 0.15) is 22.7 Å². The second-order valence-corrected chi connectivity index (χ2v) is 4.63. The van der Waals surface area contributed by atoms with E-state index in [1.807, 2.05) is 62.4 Å². The maximum atomic E-state index is 11.4. The molecule has 0 bridgehead atoms. The molecule has 3 nitrogen and oxygen atoms in total. The monoisotopic (exact) mass is 255 g/mol. The van der Waals surface area contributed by atoms with Crippen LogP contribution in [0.2, 0.25) is 0 Å². The first-order valence-corrected chi connectivity index (χ1v) is 6.19. The van der Waals surface area contributed by atoms with E-state index in [2.05, 4.69) is 5.32 Å². The first-order chi connectivity index (χ1) is 9.08. The number of carbonyl (C=O) groups is 1. The molecule has 1 atom stereocenters. The molecule has 3 heteroatoms. The number of hydrogen-bond donors (Lipinski definition) is 2. The standard InChI is InChI=1S/C16H17NO2/c1-11-8-9-13(10-12(11)2)15(16(18)19)17-14-6-4-3-5-7-14/h3-10,15,17H,1-2H3,(H,18,19). The normalized spacial score (nSPS) is 11.9. The number of rotatable bonds is 4. The van der Waals surface area contributed by atoms with Crippen molar-refractivity contribution in [2.24, 2.45) is 0 Å². The number of benzene rings is 2. The van der Waals surface area contributed by atoms with Crippen LogP contribution in [0.4, 0.5) is 5.69 Å². The van der Waals surface area contributed by atoms with Crippen molar-refractivity contribution in [3.8, 4) is 0 Å². The smallest absolute Gasteiger partial charge is 0.330 e. The molecule has 0 spiro atoms. The second-order valence-electron chi connectivity index (χ2n) is 4.63. The fraction of sp³-hybridized carbons (Fsp3) is 0.188. The molecule has 0 amide bonds. The van der Waals surface area contributed by atoms with E-state index in [4.69, 9.17) is 0 Å². The number of aliphatic carboxylic acids is 1. The van der Waals surface area contributed by atoms with E-state index in [0.717, 1.165) is 22.4 Å². The van der Waals surface area contributed by atoms with Gasteiger partial charge in [-0.3, -0.25) is 0 Å². The highest BCUT2D eigenvalue weighted by molar-refractivity contribution is 5.79. The van der Waals surface area contributed by atoms with E-state index in [1.165, 1.54) is 0 Å². The van der Waals surface area contributed by atoms with Crippen molar-refractivity contribution in [3.05, 3.63) is 65.2 Å². The molecule has 0 fully saturated rings. The SMILES string of the molecule is Cc1ccc(C(Nc2ccccc2)C(=O)O)cc1C. The van der Waals surface area contributed by atoms with Crippen LogP contribution in [0.15, 0.2) is 48.5 Å². The van der Waals surface area contributed by atoms with E-state index >= 15 is 0 Å². The Bertz CT molecular complexity index is 579. The van der Waals surface area contributed by atoms with Crippen molar-refractivity contribution in [3.63, 3.8) is 0 Å². The van der Waals surface area contributed by atoms with Gasteiger partial charge in [-0.05, 0) is 42.7 Å². The molecule has 2 rings (SSSR count). The lowest BCUT2D eigenvalue weighted by Gasteiger charge is -2.17. The van der Waals surface area contributed by atoms with Crippen LogP contribution in [0.5, 0.6) is 0 Å². The summed E-state index contributed by atoms with van der Waals surface area (Å²) in [5.41, 5.74) is 3.82. The van der Waals surface area contributed by atoms with Crippen molar-refractivity contribution in [1.82, 2.24) is 0 Å². The summed E-state index contributed by atoms with van der Waals surface area (Å²) in [5.74, 6) is -0.882. The molecule has 98 valence electrons. The molecule has 0 aliphatic heterocycles. The van der Waals surface area contributed by atoms with Crippen LogP contribution in [0.3, 0.4) is 0 Å². The van der Waals surface area contributed by atoms with Crippen LogP contribution in [-0.2, 0) is 4.79 Å². The summed E-state index contributed by atoms with van der Waals surface area (Å²) < 4.78 is 0. The summed E-state index contributed by atoms with van der Waals surface area (Å²) in [5, 5.41) is 12.4. The van der Waals surface area contributed by atoms with Gasteiger partial charge < -0.3 is 10.4 Å². The van der Waals surface area contributed by atoms with Gasteiger partial charge >= 0.3 is 5.97 Å². The van der Waals surface area contributed by atoms with E-state index in [-0.39, 0.29) is 0 Å². The number of hydrogen-bond acceptors (Lipinski definition) is 2. The molecule has 2 aromatic rings. The van der Waals surface area contributed by atoms with Crippen LogP contribution in [0.25, 0.3) is 0 Å². The highest BCUT2D eigenvalue weighted by atomic mass is 16.4. The van der Waals surface area contributed by atoms with Gasteiger partial charge in [0.2, 0.25) is 0 Å². The average Bonchev–Trinajstić information content (AvgIpc) is 2.40.